The molecule has 138 valence electrons. The zero-order chi connectivity index (χ0) is 18.8. The minimum Gasteiger partial charge on any atom is -0.369 e. The van der Waals surface area contributed by atoms with Crippen molar-refractivity contribution in [2.24, 2.45) is 5.73 Å². The van der Waals surface area contributed by atoms with Crippen LogP contribution in [0.15, 0.2) is 22.7 Å². The second-order valence-electron chi connectivity index (χ2n) is 6.09. The van der Waals surface area contributed by atoms with Gasteiger partial charge in [-0.3, -0.25) is 14.5 Å². The quantitative estimate of drug-likeness (QED) is 0.871. The Morgan fingerprint density at radius 1 is 1.31 bits per heavy atom. The Bertz CT molecular complexity index is 826. The molecule has 0 unspecified atom stereocenters. The number of primary amides is 1. The molecule has 1 fully saturated rings. The summed E-state index contributed by atoms with van der Waals surface area (Å²) in [6.45, 7) is 3.64. The van der Waals surface area contributed by atoms with E-state index in [0.29, 0.717) is 31.9 Å². The largest absolute Gasteiger partial charge is 0.369 e. The number of rotatable bonds is 4. The van der Waals surface area contributed by atoms with Crippen LogP contribution in [-0.2, 0) is 4.79 Å². The molecule has 0 spiro atoms. The van der Waals surface area contributed by atoms with Gasteiger partial charge in [-0.05, 0) is 19.1 Å². The standard InChI is InChI=1S/C17H18ClFN4O3/c1-10-14(16(21-26-10)15-11(18)3-2-4-12(15)19)17(25)23-7-5-22(6-8-23)9-13(20)24/h2-4H,5-9H2,1H3,(H2,20,24). The van der Waals surface area contributed by atoms with Crippen molar-refractivity contribution in [3.63, 3.8) is 0 Å². The van der Waals surface area contributed by atoms with Gasteiger partial charge in [-0.25, -0.2) is 4.39 Å². The molecule has 2 N–H and O–H groups in total. The normalized spacial score (nSPS) is 15.3. The fourth-order valence-electron chi connectivity index (χ4n) is 3.01. The molecule has 2 amide bonds. The molecule has 0 aliphatic carbocycles. The van der Waals surface area contributed by atoms with E-state index in [0.717, 1.165) is 0 Å². The van der Waals surface area contributed by atoms with Gasteiger partial charge in [-0.2, -0.15) is 0 Å². The number of aromatic nitrogens is 1. The van der Waals surface area contributed by atoms with Gasteiger partial charge in [0.15, 0.2) is 0 Å². The molecule has 0 saturated carbocycles. The van der Waals surface area contributed by atoms with E-state index >= 15 is 0 Å². The molecular weight excluding hydrogens is 363 g/mol. The summed E-state index contributed by atoms with van der Waals surface area (Å²) in [5.74, 6) is -0.997. The average Bonchev–Trinajstić information content (AvgIpc) is 2.95. The number of hydrogen-bond acceptors (Lipinski definition) is 5. The van der Waals surface area contributed by atoms with E-state index in [2.05, 4.69) is 5.16 Å². The van der Waals surface area contributed by atoms with Gasteiger partial charge in [-0.15, -0.1) is 0 Å². The number of piperazine rings is 1. The molecule has 1 aromatic heterocycles. The molecule has 1 aromatic carbocycles. The highest BCUT2D eigenvalue weighted by atomic mass is 35.5. The molecule has 1 saturated heterocycles. The second-order valence-corrected chi connectivity index (χ2v) is 6.50. The summed E-state index contributed by atoms with van der Waals surface area (Å²) in [5.41, 5.74) is 5.53. The third-order valence-electron chi connectivity index (χ3n) is 4.32. The number of halogens is 2. The molecular formula is C17H18ClFN4O3. The first kappa shape index (κ1) is 18.3. The van der Waals surface area contributed by atoms with Crippen LogP contribution in [0.5, 0.6) is 0 Å². The molecule has 1 aliphatic rings. The first-order chi connectivity index (χ1) is 12.4. The lowest BCUT2D eigenvalue weighted by Crippen LogP contribution is -2.50. The zero-order valence-electron chi connectivity index (χ0n) is 14.2. The van der Waals surface area contributed by atoms with Crippen LogP contribution < -0.4 is 5.73 Å². The molecule has 7 nitrogen and oxygen atoms in total. The van der Waals surface area contributed by atoms with Crippen LogP contribution in [0.3, 0.4) is 0 Å². The third-order valence-corrected chi connectivity index (χ3v) is 4.63. The number of aryl methyl sites for hydroxylation is 1. The van der Waals surface area contributed by atoms with E-state index in [1.807, 2.05) is 4.90 Å². The zero-order valence-corrected chi connectivity index (χ0v) is 14.9. The number of nitrogens with two attached hydrogens (primary N) is 1. The van der Waals surface area contributed by atoms with Crippen LogP contribution in [0.2, 0.25) is 5.02 Å². The Labute approximate surface area is 154 Å². The first-order valence-electron chi connectivity index (χ1n) is 8.09. The van der Waals surface area contributed by atoms with Crippen molar-refractivity contribution >= 4 is 23.4 Å². The Balaban J connectivity index is 1.86. The number of carbonyl (C=O) groups is 2. The molecule has 0 atom stereocenters. The number of amides is 2. The van der Waals surface area contributed by atoms with Crippen LogP contribution in [0.1, 0.15) is 16.1 Å². The van der Waals surface area contributed by atoms with Gasteiger partial charge in [0.1, 0.15) is 22.8 Å². The minimum atomic E-state index is -0.578. The summed E-state index contributed by atoms with van der Waals surface area (Å²) in [6, 6.07) is 4.26. The van der Waals surface area contributed by atoms with Gasteiger partial charge in [0.25, 0.3) is 5.91 Å². The van der Waals surface area contributed by atoms with Gasteiger partial charge in [0, 0.05) is 26.2 Å². The molecule has 2 heterocycles. The predicted molar refractivity (Wildman–Crippen MR) is 93.2 cm³/mol. The van der Waals surface area contributed by atoms with Crippen molar-refractivity contribution in [1.29, 1.82) is 0 Å². The molecule has 26 heavy (non-hydrogen) atoms. The van der Waals surface area contributed by atoms with E-state index in [4.69, 9.17) is 21.9 Å². The predicted octanol–water partition coefficient (Wildman–Crippen LogP) is 1.69. The molecule has 0 radical (unpaired) electrons. The summed E-state index contributed by atoms with van der Waals surface area (Å²) >= 11 is 6.11. The molecule has 1 aliphatic heterocycles. The smallest absolute Gasteiger partial charge is 0.259 e. The van der Waals surface area contributed by atoms with Crippen LogP contribution in [0, 0.1) is 12.7 Å². The SMILES string of the molecule is Cc1onc(-c2c(F)cccc2Cl)c1C(=O)N1CCN(CC(N)=O)CC1. The maximum Gasteiger partial charge on any atom is 0.259 e. The summed E-state index contributed by atoms with van der Waals surface area (Å²) in [6.07, 6.45) is 0. The number of carbonyl (C=O) groups excluding carboxylic acids is 2. The second kappa shape index (κ2) is 7.43. The highest BCUT2D eigenvalue weighted by molar-refractivity contribution is 6.33. The highest BCUT2D eigenvalue weighted by Crippen LogP contribution is 2.34. The van der Waals surface area contributed by atoms with Crippen molar-refractivity contribution in [1.82, 2.24) is 15.0 Å². The lowest BCUT2D eigenvalue weighted by Gasteiger charge is -2.34. The topological polar surface area (TPSA) is 92.7 Å². The van der Waals surface area contributed by atoms with E-state index in [1.54, 1.807) is 11.8 Å². The van der Waals surface area contributed by atoms with E-state index < -0.39 is 11.7 Å². The van der Waals surface area contributed by atoms with Crippen molar-refractivity contribution in [2.45, 2.75) is 6.92 Å². The minimum absolute atomic E-state index is 0.0433. The van der Waals surface area contributed by atoms with Gasteiger partial charge < -0.3 is 15.2 Å². The van der Waals surface area contributed by atoms with Crippen LogP contribution in [0.4, 0.5) is 4.39 Å². The van der Waals surface area contributed by atoms with E-state index in [1.165, 1.54) is 18.2 Å². The third kappa shape index (κ3) is 3.56. The highest BCUT2D eigenvalue weighted by Gasteiger charge is 2.30. The van der Waals surface area contributed by atoms with Crippen LogP contribution >= 0.6 is 11.6 Å². The summed E-state index contributed by atoms with van der Waals surface area (Å²) < 4.78 is 19.4. The van der Waals surface area contributed by atoms with Gasteiger partial charge in [-0.1, -0.05) is 22.8 Å². The number of nitrogens with zero attached hydrogens (tertiary/aromatic N) is 3. The maximum atomic E-state index is 14.3. The number of benzene rings is 1. The van der Waals surface area contributed by atoms with Crippen molar-refractivity contribution in [3.05, 3.63) is 40.4 Å². The molecule has 0 bridgehead atoms. The summed E-state index contributed by atoms with van der Waals surface area (Å²) in [7, 11) is 0. The summed E-state index contributed by atoms with van der Waals surface area (Å²) in [5, 5.41) is 4.01. The molecule has 9 heteroatoms. The lowest BCUT2D eigenvalue weighted by molar-refractivity contribution is -0.119. The van der Waals surface area contributed by atoms with E-state index in [9.17, 15) is 14.0 Å². The fraction of sp³-hybridized carbons (Fsp3) is 0.353. The van der Waals surface area contributed by atoms with Crippen LogP contribution in [-0.4, -0.2) is 59.5 Å². The van der Waals surface area contributed by atoms with Gasteiger partial charge in [0.05, 0.1) is 17.1 Å². The van der Waals surface area contributed by atoms with Gasteiger partial charge in [0.2, 0.25) is 5.91 Å². The Hall–Kier alpha value is -2.45. The lowest BCUT2D eigenvalue weighted by atomic mass is 10.0. The number of hydrogen-bond donors (Lipinski definition) is 1. The average molecular weight is 381 g/mol. The Morgan fingerprint density at radius 3 is 2.62 bits per heavy atom. The van der Waals surface area contributed by atoms with E-state index in [-0.39, 0.29) is 34.3 Å². The van der Waals surface area contributed by atoms with Crippen molar-refractivity contribution in [3.8, 4) is 11.3 Å². The summed E-state index contributed by atoms with van der Waals surface area (Å²) in [4.78, 5) is 27.5. The molecule has 2 aromatic rings. The van der Waals surface area contributed by atoms with Crippen LogP contribution in [0.25, 0.3) is 11.3 Å². The fourth-order valence-corrected chi connectivity index (χ4v) is 3.26. The maximum absolute atomic E-state index is 14.3. The molecule has 3 rings (SSSR count). The van der Waals surface area contributed by atoms with Crippen molar-refractivity contribution < 1.29 is 18.5 Å². The van der Waals surface area contributed by atoms with Gasteiger partial charge >= 0.3 is 0 Å². The Morgan fingerprint density at radius 2 is 2.00 bits per heavy atom. The Kier molecular flexibility index (Phi) is 5.24. The monoisotopic (exact) mass is 380 g/mol. The van der Waals surface area contributed by atoms with Crippen molar-refractivity contribution in [2.75, 3.05) is 32.7 Å². The first-order valence-corrected chi connectivity index (χ1v) is 8.47.